The van der Waals surface area contributed by atoms with E-state index in [9.17, 15) is 9.90 Å². The molecule has 3 nitrogen and oxygen atoms in total. The molecule has 1 amide bonds. The Hall–Kier alpha value is -1.27. The summed E-state index contributed by atoms with van der Waals surface area (Å²) < 4.78 is 0.720. The van der Waals surface area contributed by atoms with Gasteiger partial charge < -0.3 is 10.0 Å². The quantitative estimate of drug-likeness (QED) is 0.751. The molecule has 0 aromatic heterocycles. The number of phenolic OH excluding ortho intramolecular Hbond substituents is 1. The van der Waals surface area contributed by atoms with Gasteiger partial charge in [0, 0.05) is 17.6 Å². The summed E-state index contributed by atoms with van der Waals surface area (Å²) in [7, 11) is 1.75. The van der Waals surface area contributed by atoms with Gasteiger partial charge in [-0.05, 0) is 65.4 Å². The number of carbonyl (C=O) groups excluding carboxylic acids is 1. The summed E-state index contributed by atoms with van der Waals surface area (Å²) in [5, 5.41) is 10.4. The van der Waals surface area contributed by atoms with Gasteiger partial charge in [-0.15, -0.1) is 0 Å². The van der Waals surface area contributed by atoms with Gasteiger partial charge >= 0.3 is 0 Å². The first-order chi connectivity index (χ1) is 9.90. The Bertz CT molecular complexity index is 658. The monoisotopic (exact) mass is 415 g/mol. The van der Waals surface area contributed by atoms with Crippen LogP contribution in [-0.4, -0.2) is 23.0 Å². The summed E-state index contributed by atoms with van der Waals surface area (Å²) >= 11 is 7.90. The van der Waals surface area contributed by atoms with Gasteiger partial charge in [0.05, 0.1) is 9.61 Å². The maximum Gasteiger partial charge on any atom is 0.254 e. The van der Waals surface area contributed by atoms with Crippen molar-refractivity contribution in [3.63, 3.8) is 0 Å². The minimum Gasteiger partial charge on any atom is -0.507 e. The molecule has 0 spiro atoms. The minimum atomic E-state index is -0.135. The summed E-state index contributed by atoms with van der Waals surface area (Å²) in [5.74, 6) is -0.0156. The number of hydrogen-bond donors (Lipinski definition) is 1. The van der Waals surface area contributed by atoms with Crippen LogP contribution in [0, 0.1) is 3.57 Å². The molecule has 5 heteroatoms. The molecule has 0 aliphatic rings. The van der Waals surface area contributed by atoms with Gasteiger partial charge in [-0.3, -0.25) is 4.79 Å². The van der Waals surface area contributed by atoms with E-state index in [0.29, 0.717) is 10.6 Å². The van der Waals surface area contributed by atoms with Crippen molar-refractivity contribution in [2.75, 3.05) is 7.05 Å². The molecule has 0 radical (unpaired) electrons. The molecule has 21 heavy (non-hydrogen) atoms. The Morgan fingerprint density at radius 3 is 2.43 bits per heavy atom. The molecule has 0 aliphatic carbocycles. The molecule has 1 unspecified atom stereocenters. The van der Waals surface area contributed by atoms with Crippen molar-refractivity contribution in [3.05, 3.63) is 62.2 Å². The van der Waals surface area contributed by atoms with Gasteiger partial charge in [-0.2, -0.15) is 0 Å². The van der Waals surface area contributed by atoms with Crippen molar-refractivity contribution >= 4 is 40.1 Å². The summed E-state index contributed by atoms with van der Waals surface area (Å²) in [6, 6.07) is 12.3. The van der Waals surface area contributed by atoms with Crippen LogP contribution >= 0.6 is 34.2 Å². The molecule has 1 N–H and O–H groups in total. The molecular weight excluding hydrogens is 401 g/mol. The third-order valence-electron chi connectivity index (χ3n) is 3.45. The second-order valence-corrected chi connectivity index (χ2v) is 6.41. The molecule has 0 heterocycles. The predicted molar refractivity (Wildman–Crippen MR) is 92.8 cm³/mol. The van der Waals surface area contributed by atoms with Crippen LogP contribution in [0.4, 0.5) is 0 Å². The number of phenols is 1. The standard InChI is InChI=1S/C16H15ClINO2/c1-10(11-3-6-13(17)7-4-11)19(2)16(21)12-5-8-14(18)15(20)9-12/h3-10,20H,1-2H3. The Kier molecular flexibility index (Phi) is 5.11. The molecule has 0 fully saturated rings. The molecule has 0 bridgehead atoms. The highest BCUT2D eigenvalue weighted by molar-refractivity contribution is 14.1. The van der Waals surface area contributed by atoms with E-state index in [1.807, 2.05) is 53.8 Å². The Balaban J connectivity index is 2.21. The second-order valence-electron chi connectivity index (χ2n) is 4.81. The maximum atomic E-state index is 12.5. The molecule has 2 rings (SSSR count). The van der Waals surface area contributed by atoms with Crippen LogP contribution in [-0.2, 0) is 0 Å². The normalized spacial score (nSPS) is 12.0. The zero-order chi connectivity index (χ0) is 15.6. The molecule has 2 aromatic rings. The fourth-order valence-electron chi connectivity index (χ4n) is 1.99. The van der Waals surface area contributed by atoms with E-state index in [1.165, 1.54) is 6.07 Å². The van der Waals surface area contributed by atoms with Gasteiger partial charge in [0.2, 0.25) is 0 Å². The highest BCUT2D eigenvalue weighted by Crippen LogP contribution is 2.25. The Morgan fingerprint density at radius 2 is 1.86 bits per heavy atom. The molecule has 2 aromatic carbocycles. The van der Waals surface area contributed by atoms with Crippen molar-refractivity contribution in [2.45, 2.75) is 13.0 Å². The fraction of sp³-hybridized carbons (Fsp3) is 0.188. The number of halogens is 2. The van der Waals surface area contributed by atoms with Crippen molar-refractivity contribution in [1.82, 2.24) is 4.90 Å². The lowest BCUT2D eigenvalue weighted by molar-refractivity contribution is 0.0742. The second kappa shape index (κ2) is 6.66. The van der Waals surface area contributed by atoms with Crippen LogP contribution in [0.3, 0.4) is 0 Å². The van der Waals surface area contributed by atoms with Crippen molar-refractivity contribution in [3.8, 4) is 5.75 Å². The lowest BCUT2D eigenvalue weighted by Gasteiger charge is -2.25. The van der Waals surface area contributed by atoms with Gasteiger partial charge in [0.25, 0.3) is 5.91 Å². The maximum absolute atomic E-state index is 12.5. The number of aromatic hydroxyl groups is 1. The van der Waals surface area contributed by atoms with Gasteiger partial charge in [0.1, 0.15) is 5.75 Å². The minimum absolute atomic E-state index is 0.0869. The van der Waals surface area contributed by atoms with Crippen LogP contribution in [0.1, 0.15) is 28.9 Å². The summed E-state index contributed by atoms with van der Waals surface area (Å²) in [6.07, 6.45) is 0. The van der Waals surface area contributed by atoms with Crippen LogP contribution in [0.5, 0.6) is 5.75 Å². The smallest absolute Gasteiger partial charge is 0.254 e. The summed E-state index contributed by atoms with van der Waals surface area (Å²) in [6.45, 7) is 1.95. The lowest BCUT2D eigenvalue weighted by Crippen LogP contribution is -2.29. The van der Waals surface area contributed by atoms with Gasteiger partial charge in [-0.1, -0.05) is 23.7 Å². The van der Waals surface area contributed by atoms with Crippen LogP contribution in [0.25, 0.3) is 0 Å². The van der Waals surface area contributed by atoms with Crippen LogP contribution in [0.2, 0.25) is 5.02 Å². The SMILES string of the molecule is CC(c1ccc(Cl)cc1)N(C)C(=O)c1ccc(I)c(O)c1. The zero-order valence-corrected chi connectivity index (χ0v) is 14.6. The number of benzene rings is 2. The van der Waals surface area contributed by atoms with Crippen molar-refractivity contribution < 1.29 is 9.90 Å². The molecule has 110 valence electrons. The fourth-order valence-corrected chi connectivity index (χ4v) is 2.45. The van der Waals surface area contributed by atoms with E-state index in [2.05, 4.69) is 0 Å². The van der Waals surface area contributed by atoms with E-state index in [-0.39, 0.29) is 17.7 Å². The molecule has 0 aliphatic heterocycles. The Morgan fingerprint density at radius 1 is 1.24 bits per heavy atom. The molecule has 0 saturated carbocycles. The first-order valence-electron chi connectivity index (χ1n) is 6.41. The third kappa shape index (κ3) is 3.68. The van der Waals surface area contributed by atoms with E-state index in [0.717, 1.165) is 9.13 Å². The van der Waals surface area contributed by atoms with Crippen LogP contribution < -0.4 is 0 Å². The summed E-state index contributed by atoms with van der Waals surface area (Å²) in [5.41, 5.74) is 1.47. The van der Waals surface area contributed by atoms with E-state index in [4.69, 9.17) is 11.6 Å². The number of rotatable bonds is 3. The van der Waals surface area contributed by atoms with Crippen molar-refractivity contribution in [1.29, 1.82) is 0 Å². The number of amides is 1. The topological polar surface area (TPSA) is 40.5 Å². The first-order valence-corrected chi connectivity index (χ1v) is 7.87. The van der Waals surface area contributed by atoms with Gasteiger partial charge in [0.15, 0.2) is 0 Å². The van der Waals surface area contributed by atoms with Crippen molar-refractivity contribution in [2.24, 2.45) is 0 Å². The van der Waals surface area contributed by atoms with Gasteiger partial charge in [-0.25, -0.2) is 0 Å². The van der Waals surface area contributed by atoms with E-state index >= 15 is 0 Å². The molecule has 1 atom stereocenters. The first kappa shape index (κ1) is 16.1. The average Bonchev–Trinajstić information content (AvgIpc) is 2.48. The number of carbonyl (C=O) groups is 1. The summed E-state index contributed by atoms with van der Waals surface area (Å²) in [4.78, 5) is 14.1. The lowest BCUT2D eigenvalue weighted by atomic mass is 10.1. The zero-order valence-electron chi connectivity index (χ0n) is 11.7. The van der Waals surface area contributed by atoms with E-state index in [1.54, 1.807) is 24.1 Å². The molecule has 0 saturated heterocycles. The van der Waals surface area contributed by atoms with E-state index < -0.39 is 0 Å². The Labute approximate surface area is 142 Å². The van der Waals surface area contributed by atoms with Crippen LogP contribution in [0.15, 0.2) is 42.5 Å². The largest absolute Gasteiger partial charge is 0.507 e. The third-order valence-corrected chi connectivity index (χ3v) is 4.61. The predicted octanol–water partition coefficient (Wildman–Crippen LogP) is 4.48. The molecular formula is C16H15ClINO2. The average molecular weight is 416 g/mol. The number of nitrogens with zero attached hydrogens (tertiary/aromatic N) is 1. The highest BCUT2D eigenvalue weighted by Gasteiger charge is 2.19. The highest BCUT2D eigenvalue weighted by atomic mass is 127. The number of hydrogen-bond acceptors (Lipinski definition) is 2.